The monoisotopic (exact) mass is 305 g/mol. The summed E-state index contributed by atoms with van der Waals surface area (Å²) in [4.78, 5) is 26.0. The normalized spacial score (nSPS) is 18.7. The van der Waals surface area contributed by atoms with Crippen LogP contribution in [0.25, 0.3) is 6.08 Å². The maximum Gasteiger partial charge on any atom is 0.293 e. The number of aryl methyl sites for hydroxylation is 2. The van der Waals surface area contributed by atoms with Gasteiger partial charge in [0.1, 0.15) is 5.75 Å². The van der Waals surface area contributed by atoms with Gasteiger partial charge in [0.05, 0.1) is 4.91 Å². The number of phenolic OH excluding ortho intramolecular Hbond substituents is 1. The van der Waals surface area contributed by atoms with Gasteiger partial charge < -0.3 is 5.11 Å². The molecule has 1 aromatic rings. The van der Waals surface area contributed by atoms with Gasteiger partial charge in [-0.3, -0.25) is 14.5 Å². The molecule has 1 aliphatic heterocycles. The van der Waals surface area contributed by atoms with Crippen molar-refractivity contribution in [2.24, 2.45) is 0 Å². The van der Waals surface area contributed by atoms with Gasteiger partial charge in [0, 0.05) is 6.04 Å². The summed E-state index contributed by atoms with van der Waals surface area (Å²) in [6.45, 7) is 7.44. The topological polar surface area (TPSA) is 57.6 Å². The summed E-state index contributed by atoms with van der Waals surface area (Å²) in [6, 6.07) is 3.52. The molecule has 1 aliphatic rings. The van der Waals surface area contributed by atoms with Gasteiger partial charge in [-0.25, -0.2) is 0 Å². The lowest BCUT2D eigenvalue weighted by Crippen LogP contribution is -2.36. The van der Waals surface area contributed by atoms with Crippen LogP contribution in [0, 0.1) is 13.8 Å². The van der Waals surface area contributed by atoms with Crippen LogP contribution in [0.2, 0.25) is 0 Å². The maximum absolute atomic E-state index is 12.3. The van der Waals surface area contributed by atoms with Gasteiger partial charge in [0.15, 0.2) is 0 Å². The van der Waals surface area contributed by atoms with E-state index in [0.717, 1.165) is 34.9 Å². The molecule has 0 aromatic heterocycles. The minimum absolute atomic E-state index is 0.0910. The van der Waals surface area contributed by atoms with Crippen molar-refractivity contribution in [2.75, 3.05) is 0 Å². The zero-order valence-corrected chi connectivity index (χ0v) is 13.5. The largest absolute Gasteiger partial charge is 0.507 e. The lowest BCUT2D eigenvalue weighted by molar-refractivity contribution is -0.124. The van der Waals surface area contributed by atoms with Crippen molar-refractivity contribution >= 4 is 29.0 Å². The number of carbonyl (C=O) groups is 2. The second-order valence-electron chi connectivity index (χ2n) is 5.31. The Hall–Kier alpha value is -1.75. The summed E-state index contributed by atoms with van der Waals surface area (Å²) in [5, 5.41) is 9.56. The van der Waals surface area contributed by atoms with Gasteiger partial charge in [-0.05, 0) is 73.9 Å². The van der Waals surface area contributed by atoms with Crippen molar-refractivity contribution in [1.29, 1.82) is 0 Å². The Morgan fingerprint density at radius 2 is 1.86 bits per heavy atom. The van der Waals surface area contributed by atoms with E-state index in [1.807, 2.05) is 27.7 Å². The zero-order valence-electron chi connectivity index (χ0n) is 12.6. The average molecular weight is 305 g/mol. The Balaban J connectivity index is 2.35. The van der Waals surface area contributed by atoms with Crippen LogP contribution in [-0.2, 0) is 4.79 Å². The van der Waals surface area contributed by atoms with Crippen LogP contribution >= 0.6 is 11.8 Å². The quantitative estimate of drug-likeness (QED) is 0.862. The van der Waals surface area contributed by atoms with Crippen LogP contribution in [0.4, 0.5) is 4.79 Å². The summed E-state index contributed by atoms with van der Waals surface area (Å²) in [7, 11) is 0. The fourth-order valence-electron chi connectivity index (χ4n) is 2.27. The molecule has 21 heavy (non-hydrogen) atoms. The molecule has 0 bridgehead atoms. The van der Waals surface area contributed by atoms with E-state index in [9.17, 15) is 14.7 Å². The summed E-state index contributed by atoms with van der Waals surface area (Å²) < 4.78 is 0. The van der Waals surface area contributed by atoms with Crippen LogP contribution in [-0.4, -0.2) is 27.2 Å². The highest BCUT2D eigenvalue weighted by atomic mass is 32.2. The van der Waals surface area contributed by atoms with Gasteiger partial charge in [-0.1, -0.05) is 6.92 Å². The Bertz CT molecular complexity index is 613. The number of benzene rings is 1. The Kier molecular flexibility index (Phi) is 4.42. The SMILES string of the molecule is CC[C@H](C)N1C(=O)S/C(=C/c2cc(C)c(O)c(C)c2)C1=O. The van der Waals surface area contributed by atoms with Crippen LogP contribution in [0.1, 0.15) is 37.0 Å². The molecule has 112 valence electrons. The standard InChI is InChI=1S/C16H19NO3S/c1-5-11(4)17-15(19)13(21-16(17)20)8-12-6-9(2)14(18)10(3)7-12/h6-8,11,18H,5H2,1-4H3/b13-8+/t11-/m0/s1. The van der Waals surface area contributed by atoms with E-state index in [1.165, 1.54) is 4.90 Å². The molecule has 0 aliphatic carbocycles. The molecule has 0 saturated carbocycles. The first-order valence-electron chi connectivity index (χ1n) is 6.92. The highest BCUT2D eigenvalue weighted by Gasteiger charge is 2.37. The van der Waals surface area contributed by atoms with Crippen molar-refractivity contribution in [3.05, 3.63) is 33.7 Å². The summed E-state index contributed by atoms with van der Waals surface area (Å²) in [5.41, 5.74) is 2.32. The van der Waals surface area contributed by atoms with Gasteiger partial charge >= 0.3 is 0 Å². The minimum Gasteiger partial charge on any atom is -0.507 e. The third-order valence-corrected chi connectivity index (χ3v) is 4.55. The number of rotatable bonds is 3. The third-order valence-electron chi connectivity index (χ3n) is 3.67. The summed E-state index contributed by atoms with van der Waals surface area (Å²) in [5.74, 6) is 0.0302. The van der Waals surface area contributed by atoms with Gasteiger partial charge in [-0.2, -0.15) is 0 Å². The molecule has 2 rings (SSSR count). The smallest absolute Gasteiger partial charge is 0.293 e. The molecular formula is C16H19NO3S. The van der Waals surface area contributed by atoms with E-state index >= 15 is 0 Å². The predicted octanol–water partition coefficient (Wildman–Crippen LogP) is 3.84. The van der Waals surface area contributed by atoms with E-state index < -0.39 is 0 Å². The van der Waals surface area contributed by atoms with Crippen molar-refractivity contribution in [3.63, 3.8) is 0 Å². The van der Waals surface area contributed by atoms with E-state index in [4.69, 9.17) is 0 Å². The van der Waals surface area contributed by atoms with E-state index in [0.29, 0.717) is 4.91 Å². The van der Waals surface area contributed by atoms with Crippen LogP contribution in [0.15, 0.2) is 17.0 Å². The lowest BCUT2D eigenvalue weighted by Gasteiger charge is -2.19. The van der Waals surface area contributed by atoms with E-state index in [-0.39, 0.29) is 22.9 Å². The molecule has 4 nitrogen and oxygen atoms in total. The lowest BCUT2D eigenvalue weighted by atomic mass is 10.1. The highest BCUT2D eigenvalue weighted by molar-refractivity contribution is 8.18. The number of thioether (sulfide) groups is 1. The number of carbonyl (C=O) groups excluding carboxylic acids is 2. The van der Waals surface area contributed by atoms with E-state index in [2.05, 4.69) is 0 Å². The van der Waals surface area contributed by atoms with Gasteiger partial charge in [0.25, 0.3) is 11.1 Å². The molecule has 2 amide bonds. The third kappa shape index (κ3) is 2.97. The summed E-state index contributed by atoms with van der Waals surface area (Å²) in [6.07, 6.45) is 2.45. The molecular weight excluding hydrogens is 286 g/mol. The average Bonchev–Trinajstić information content (AvgIpc) is 2.70. The first kappa shape index (κ1) is 15.6. The first-order chi connectivity index (χ1) is 9.85. The Morgan fingerprint density at radius 1 is 1.29 bits per heavy atom. The molecule has 0 unspecified atom stereocenters. The number of aromatic hydroxyl groups is 1. The second kappa shape index (κ2) is 5.93. The first-order valence-corrected chi connectivity index (χ1v) is 7.74. The zero-order chi connectivity index (χ0) is 15.7. The molecule has 0 radical (unpaired) electrons. The number of imide groups is 1. The van der Waals surface area contributed by atoms with Crippen molar-refractivity contribution in [2.45, 2.75) is 40.2 Å². The van der Waals surface area contributed by atoms with Crippen LogP contribution in [0.5, 0.6) is 5.75 Å². The van der Waals surface area contributed by atoms with E-state index in [1.54, 1.807) is 18.2 Å². The molecule has 1 aromatic carbocycles. The molecule has 1 heterocycles. The molecule has 1 fully saturated rings. The molecule has 1 N–H and O–H groups in total. The maximum atomic E-state index is 12.3. The fraction of sp³-hybridized carbons (Fsp3) is 0.375. The van der Waals surface area contributed by atoms with Crippen molar-refractivity contribution in [1.82, 2.24) is 4.90 Å². The highest BCUT2D eigenvalue weighted by Crippen LogP contribution is 2.35. The second-order valence-corrected chi connectivity index (χ2v) is 6.31. The molecule has 5 heteroatoms. The Labute approximate surface area is 128 Å². The number of hydrogen-bond acceptors (Lipinski definition) is 4. The van der Waals surface area contributed by atoms with Gasteiger partial charge in [-0.15, -0.1) is 0 Å². The molecule has 0 spiro atoms. The number of hydrogen-bond donors (Lipinski definition) is 1. The number of amides is 2. The van der Waals surface area contributed by atoms with Crippen LogP contribution in [0.3, 0.4) is 0 Å². The molecule has 1 atom stereocenters. The Morgan fingerprint density at radius 3 is 2.38 bits per heavy atom. The fourth-order valence-corrected chi connectivity index (χ4v) is 3.20. The number of phenols is 1. The van der Waals surface area contributed by atoms with Gasteiger partial charge in [0.2, 0.25) is 0 Å². The molecule has 1 saturated heterocycles. The summed E-state index contributed by atoms with van der Waals surface area (Å²) >= 11 is 0.972. The van der Waals surface area contributed by atoms with Crippen molar-refractivity contribution in [3.8, 4) is 5.75 Å². The minimum atomic E-state index is -0.234. The predicted molar refractivity (Wildman–Crippen MR) is 85.1 cm³/mol. The number of nitrogens with zero attached hydrogens (tertiary/aromatic N) is 1. The van der Waals surface area contributed by atoms with Crippen LogP contribution < -0.4 is 0 Å². The van der Waals surface area contributed by atoms with Crippen molar-refractivity contribution < 1.29 is 14.7 Å².